The molecule has 2 amide bonds. The van der Waals surface area contributed by atoms with Crippen LogP contribution in [0.3, 0.4) is 0 Å². The number of carbonyl (C=O) groups excluding carboxylic acids is 2. The molecular formula is C26H32Cl2N2O2S. The third kappa shape index (κ3) is 7.94. The van der Waals surface area contributed by atoms with Crippen LogP contribution in [0.25, 0.3) is 0 Å². The molecule has 0 radical (unpaired) electrons. The molecule has 4 nitrogen and oxygen atoms in total. The second-order valence-electron chi connectivity index (χ2n) is 8.76. The number of carbonyl (C=O) groups is 2. The fraction of sp³-hybridized carbons (Fsp3) is 0.462. The molecule has 0 heterocycles. The van der Waals surface area contributed by atoms with Crippen LogP contribution in [0, 0.1) is 6.92 Å². The molecular weight excluding hydrogens is 475 g/mol. The topological polar surface area (TPSA) is 49.4 Å². The highest BCUT2D eigenvalue weighted by Crippen LogP contribution is 2.24. The predicted molar refractivity (Wildman–Crippen MR) is 139 cm³/mol. The van der Waals surface area contributed by atoms with Crippen molar-refractivity contribution in [3.8, 4) is 0 Å². The van der Waals surface area contributed by atoms with E-state index in [1.54, 1.807) is 35.7 Å². The van der Waals surface area contributed by atoms with Crippen LogP contribution in [-0.2, 0) is 21.9 Å². The number of rotatable bonds is 9. The van der Waals surface area contributed by atoms with Gasteiger partial charge in [0.25, 0.3) is 0 Å². The van der Waals surface area contributed by atoms with Crippen molar-refractivity contribution in [3.05, 3.63) is 69.2 Å². The Bertz CT molecular complexity index is 963. The van der Waals surface area contributed by atoms with E-state index in [2.05, 4.69) is 30.4 Å². The van der Waals surface area contributed by atoms with Crippen LogP contribution in [0.4, 0.5) is 0 Å². The summed E-state index contributed by atoms with van der Waals surface area (Å²) in [5.41, 5.74) is 3.16. The molecule has 7 heteroatoms. The van der Waals surface area contributed by atoms with Gasteiger partial charge in [-0.1, -0.05) is 78.4 Å². The highest BCUT2D eigenvalue weighted by Gasteiger charge is 2.28. The Balaban J connectivity index is 1.68. The van der Waals surface area contributed by atoms with Crippen molar-refractivity contribution in [2.24, 2.45) is 0 Å². The number of nitrogens with one attached hydrogen (secondary N) is 1. The zero-order valence-corrected chi connectivity index (χ0v) is 21.6. The average Bonchev–Trinajstić information content (AvgIpc) is 2.79. The second kappa shape index (κ2) is 12.7. The summed E-state index contributed by atoms with van der Waals surface area (Å²) in [5.74, 6) is 0.847. The van der Waals surface area contributed by atoms with Gasteiger partial charge in [-0.2, -0.15) is 0 Å². The largest absolute Gasteiger partial charge is 0.352 e. The van der Waals surface area contributed by atoms with Crippen LogP contribution in [0.1, 0.15) is 55.7 Å². The lowest BCUT2D eigenvalue weighted by Gasteiger charge is -2.31. The van der Waals surface area contributed by atoms with Gasteiger partial charge in [-0.05, 0) is 49.9 Å². The zero-order chi connectivity index (χ0) is 23.8. The molecule has 2 aromatic carbocycles. The van der Waals surface area contributed by atoms with Crippen LogP contribution >= 0.6 is 35.0 Å². The van der Waals surface area contributed by atoms with Crippen LogP contribution in [0.2, 0.25) is 10.0 Å². The average molecular weight is 508 g/mol. The van der Waals surface area contributed by atoms with Gasteiger partial charge in [0.15, 0.2) is 0 Å². The summed E-state index contributed by atoms with van der Waals surface area (Å²) in [5, 5.41) is 4.19. The van der Waals surface area contributed by atoms with Crippen molar-refractivity contribution in [1.29, 1.82) is 0 Å². The molecule has 0 unspecified atom stereocenters. The second-order valence-corrected chi connectivity index (χ2v) is 10.6. The summed E-state index contributed by atoms with van der Waals surface area (Å²) in [6.45, 7) is 4.12. The summed E-state index contributed by atoms with van der Waals surface area (Å²) in [4.78, 5) is 28.0. The van der Waals surface area contributed by atoms with E-state index < -0.39 is 6.04 Å². The summed E-state index contributed by atoms with van der Waals surface area (Å²) in [6, 6.07) is 13.1. The van der Waals surface area contributed by atoms with Crippen LogP contribution in [-0.4, -0.2) is 34.6 Å². The first kappa shape index (κ1) is 25.9. The molecule has 3 rings (SSSR count). The summed E-state index contributed by atoms with van der Waals surface area (Å²) < 4.78 is 0. The Kier molecular flexibility index (Phi) is 9.96. The maximum absolute atomic E-state index is 13.3. The fourth-order valence-corrected chi connectivity index (χ4v) is 5.45. The van der Waals surface area contributed by atoms with Gasteiger partial charge in [0.05, 0.1) is 5.75 Å². The van der Waals surface area contributed by atoms with E-state index in [1.165, 1.54) is 17.5 Å². The number of hydrogen-bond acceptors (Lipinski definition) is 3. The summed E-state index contributed by atoms with van der Waals surface area (Å²) in [6.07, 6.45) is 5.50. The lowest BCUT2D eigenvalue weighted by atomic mass is 9.95. The van der Waals surface area contributed by atoms with Crippen molar-refractivity contribution in [3.63, 3.8) is 0 Å². The van der Waals surface area contributed by atoms with E-state index in [4.69, 9.17) is 23.2 Å². The first-order valence-corrected chi connectivity index (χ1v) is 13.4. The van der Waals surface area contributed by atoms with E-state index in [9.17, 15) is 9.59 Å². The maximum Gasteiger partial charge on any atom is 0.242 e. The molecule has 1 fully saturated rings. The summed E-state index contributed by atoms with van der Waals surface area (Å²) in [7, 11) is 0. The molecule has 0 aromatic heterocycles. The van der Waals surface area contributed by atoms with Gasteiger partial charge in [-0.3, -0.25) is 9.59 Å². The maximum atomic E-state index is 13.3. The van der Waals surface area contributed by atoms with E-state index in [1.807, 2.05) is 12.1 Å². The van der Waals surface area contributed by atoms with Crippen LogP contribution in [0.5, 0.6) is 0 Å². The van der Waals surface area contributed by atoms with Crippen molar-refractivity contribution < 1.29 is 9.59 Å². The SMILES string of the molecule is Cc1cccc(CSCC(=O)N(Cc2ccc(Cl)cc2Cl)[C@H](C)C(=O)NC2CCCCC2)c1. The monoisotopic (exact) mass is 506 g/mol. The van der Waals surface area contributed by atoms with Gasteiger partial charge in [0, 0.05) is 28.4 Å². The van der Waals surface area contributed by atoms with Gasteiger partial charge < -0.3 is 10.2 Å². The van der Waals surface area contributed by atoms with E-state index >= 15 is 0 Å². The molecule has 1 aliphatic rings. The van der Waals surface area contributed by atoms with E-state index in [-0.39, 0.29) is 24.4 Å². The number of aryl methyl sites for hydroxylation is 1. The molecule has 33 heavy (non-hydrogen) atoms. The molecule has 0 bridgehead atoms. The van der Waals surface area contributed by atoms with Gasteiger partial charge in [-0.15, -0.1) is 11.8 Å². The fourth-order valence-electron chi connectivity index (χ4n) is 4.13. The first-order valence-electron chi connectivity index (χ1n) is 11.5. The van der Waals surface area contributed by atoms with Gasteiger partial charge in [0.2, 0.25) is 11.8 Å². The molecule has 0 aliphatic heterocycles. The van der Waals surface area contributed by atoms with Gasteiger partial charge in [-0.25, -0.2) is 0 Å². The highest BCUT2D eigenvalue weighted by atomic mass is 35.5. The number of benzene rings is 2. The Morgan fingerprint density at radius 1 is 1.12 bits per heavy atom. The zero-order valence-electron chi connectivity index (χ0n) is 19.3. The van der Waals surface area contributed by atoms with Crippen molar-refractivity contribution in [2.75, 3.05) is 5.75 Å². The van der Waals surface area contributed by atoms with Crippen LogP contribution < -0.4 is 5.32 Å². The smallest absolute Gasteiger partial charge is 0.242 e. The molecule has 1 atom stereocenters. The minimum atomic E-state index is -0.592. The normalized spacial score (nSPS) is 15.2. The number of nitrogens with zero attached hydrogens (tertiary/aromatic N) is 1. The predicted octanol–water partition coefficient (Wildman–Crippen LogP) is 6.40. The minimum absolute atomic E-state index is 0.0787. The quantitative estimate of drug-likeness (QED) is 0.427. The molecule has 1 aliphatic carbocycles. The number of thioether (sulfide) groups is 1. The number of amides is 2. The lowest BCUT2D eigenvalue weighted by Crippen LogP contribution is -2.50. The van der Waals surface area contributed by atoms with Gasteiger partial charge in [0.1, 0.15) is 6.04 Å². The molecule has 1 N–H and O–H groups in total. The first-order chi connectivity index (χ1) is 15.8. The van der Waals surface area contributed by atoms with Crippen molar-refractivity contribution in [1.82, 2.24) is 10.2 Å². The molecule has 0 saturated heterocycles. The third-order valence-corrected chi connectivity index (χ3v) is 7.63. The Morgan fingerprint density at radius 2 is 1.88 bits per heavy atom. The molecule has 178 valence electrons. The number of halogens is 2. The molecule has 2 aromatic rings. The summed E-state index contributed by atoms with van der Waals surface area (Å²) >= 11 is 14.0. The highest BCUT2D eigenvalue weighted by molar-refractivity contribution is 7.99. The van der Waals surface area contributed by atoms with Crippen LogP contribution in [0.15, 0.2) is 42.5 Å². The molecule has 1 saturated carbocycles. The van der Waals surface area contributed by atoms with Gasteiger partial charge >= 0.3 is 0 Å². The third-order valence-electron chi connectivity index (χ3n) is 6.05. The lowest BCUT2D eigenvalue weighted by molar-refractivity contribution is -0.139. The number of hydrogen-bond donors (Lipinski definition) is 1. The van der Waals surface area contributed by atoms with E-state index in [0.717, 1.165) is 37.0 Å². The Hall–Kier alpha value is -1.69. The Labute approximate surface area is 211 Å². The van der Waals surface area contributed by atoms with Crippen molar-refractivity contribution >= 4 is 46.8 Å². The molecule has 0 spiro atoms. The Morgan fingerprint density at radius 3 is 2.58 bits per heavy atom. The standard InChI is InChI=1S/C26H32Cl2N2O2S/c1-18-7-6-8-20(13-18)16-33-17-25(31)30(15-21-11-12-22(27)14-24(21)28)19(2)26(32)29-23-9-4-3-5-10-23/h6-8,11-14,19,23H,3-5,9-10,15-17H2,1-2H3,(H,29,32)/t19-/m1/s1. The van der Waals surface area contributed by atoms with E-state index in [0.29, 0.717) is 15.8 Å². The van der Waals surface area contributed by atoms with Crippen molar-refractivity contribution in [2.45, 2.75) is 70.3 Å². The minimum Gasteiger partial charge on any atom is -0.352 e.